The van der Waals surface area contributed by atoms with E-state index in [0.29, 0.717) is 47.2 Å². The number of hydrazone groups is 1. The van der Waals surface area contributed by atoms with Crippen molar-refractivity contribution < 1.29 is 18.6 Å². The van der Waals surface area contributed by atoms with E-state index in [1.165, 1.54) is 12.1 Å². The highest BCUT2D eigenvalue weighted by Gasteiger charge is 2.24. The Kier molecular flexibility index (Phi) is 8.53. The summed E-state index contributed by atoms with van der Waals surface area (Å²) in [6.07, 6.45) is 0.672. The zero-order valence-electron chi connectivity index (χ0n) is 24.8. The Morgan fingerprint density at radius 3 is 1.69 bits per heavy atom. The van der Waals surface area contributed by atoms with Crippen molar-refractivity contribution in [3.8, 4) is 17.2 Å². The Labute approximate surface area is 259 Å². The number of benzene rings is 4. The molecule has 2 heterocycles. The minimum absolute atomic E-state index is 0.0562. The summed E-state index contributed by atoms with van der Waals surface area (Å²) >= 11 is 0. The highest BCUT2D eigenvalue weighted by Crippen LogP contribution is 2.41. The highest BCUT2D eigenvalue weighted by atomic mass is 19.1. The van der Waals surface area contributed by atoms with E-state index in [2.05, 4.69) is 41.4 Å². The summed E-state index contributed by atoms with van der Waals surface area (Å²) in [5.74, 6) is 2.35. The van der Waals surface area contributed by atoms with Crippen LogP contribution < -0.4 is 35.6 Å². The standard InChI is InChI=1S/C33H31FN8O3/c1-43-28-17-21(18-29(44-2)30(28)45-3)27-19-26(41-42-27)20-9-13-24(14-10-20)36-32-38-31(35-23-7-5-4-6-8-23)39-33(40-32)37-25-15-11-22(34)12-16-25/h4-18,27,42H,19H2,1-3H3,(H3,35,36,37,38,39,40). The Bertz CT molecular complexity index is 1780. The summed E-state index contributed by atoms with van der Waals surface area (Å²) in [4.78, 5) is 13.6. The molecule has 1 aliphatic heterocycles. The second kappa shape index (κ2) is 13.2. The van der Waals surface area contributed by atoms with Gasteiger partial charge in [-0.2, -0.15) is 20.1 Å². The van der Waals surface area contributed by atoms with E-state index >= 15 is 0 Å². The van der Waals surface area contributed by atoms with E-state index in [1.807, 2.05) is 66.7 Å². The molecule has 11 nitrogen and oxygen atoms in total. The van der Waals surface area contributed by atoms with Crippen LogP contribution in [0, 0.1) is 5.82 Å². The molecule has 228 valence electrons. The molecular formula is C33H31FN8O3. The van der Waals surface area contributed by atoms with Crippen LogP contribution in [0.3, 0.4) is 0 Å². The molecule has 0 radical (unpaired) electrons. The molecule has 0 saturated carbocycles. The fraction of sp³-hybridized carbons (Fsp3) is 0.152. The van der Waals surface area contributed by atoms with Crippen LogP contribution in [-0.2, 0) is 0 Å². The van der Waals surface area contributed by atoms with Crippen molar-refractivity contribution in [2.75, 3.05) is 37.3 Å². The van der Waals surface area contributed by atoms with Gasteiger partial charge in [-0.15, -0.1) is 0 Å². The van der Waals surface area contributed by atoms with Gasteiger partial charge in [0.2, 0.25) is 23.6 Å². The quantitative estimate of drug-likeness (QED) is 0.129. The van der Waals surface area contributed by atoms with Crippen LogP contribution in [0.4, 0.5) is 39.3 Å². The predicted octanol–water partition coefficient (Wildman–Crippen LogP) is 6.71. The lowest BCUT2D eigenvalue weighted by Crippen LogP contribution is -2.11. The summed E-state index contributed by atoms with van der Waals surface area (Å²) in [6, 6.07) is 27.2. The van der Waals surface area contributed by atoms with Gasteiger partial charge in [-0.05, 0) is 71.8 Å². The van der Waals surface area contributed by atoms with E-state index < -0.39 is 0 Å². The monoisotopic (exact) mass is 606 g/mol. The number of anilines is 6. The van der Waals surface area contributed by atoms with Gasteiger partial charge in [-0.3, -0.25) is 0 Å². The number of hydrogen-bond donors (Lipinski definition) is 4. The van der Waals surface area contributed by atoms with E-state index in [9.17, 15) is 4.39 Å². The van der Waals surface area contributed by atoms with E-state index in [1.54, 1.807) is 33.5 Å². The number of hydrogen-bond acceptors (Lipinski definition) is 11. The van der Waals surface area contributed by atoms with Crippen molar-refractivity contribution in [3.05, 3.63) is 108 Å². The van der Waals surface area contributed by atoms with Crippen molar-refractivity contribution in [2.24, 2.45) is 5.10 Å². The minimum atomic E-state index is -0.329. The third-order valence-corrected chi connectivity index (χ3v) is 7.08. The van der Waals surface area contributed by atoms with E-state index in [4.69, 9.17) is 14.2 Å². The van der Waals surface area contributed by atoms with Gasteiger partial charge in [0.1, 0.15) is 5.82 Å². The molecule has 12 heteroatoms. The third-order valence-electron chi connectivity index (χ3n) is 7.08. The van der Waals surface area contributed by atoms with Gasteiger partial charge in [-0.25, -0.2) is 4.39 Å². The summed E-state index contributed by atoms with van der Waals surface area (Å²) in [6.45, 7) is 0. The van der Waals surface area contributed by atoms with Gasteiger partial charge >= 0.3 is 0 Å². The maximum Gasteiger partial charge on any atom is 0.233 e. The Morgan fingerprint density at radius 2 is 1.18 bits per heavy atom. The molecule has 1 aromatic heterocycles. The molecule has 0 bridgehead atoms. The van der Waals surface area contributed by atoms with Gasteiger partial charge in [-0.1, -0.05) is 30.3 Å². The number of aromatic nitrogens is 3. The fourth-order valence-electron chi connectivity index (χ4n) is 4.85. The van der Waals surface area contributed by atoms with Crippen molar-refractivity contribution >= 4 is 40.6 Å². The first-order valence-corrected chi connectivity index (χ1v) is 14.1. The topological polar surface area (TPSA) is 127 Å². The molecule has 4 N–H and O–H groups in total. The Balaban J connectivity index is 1.18. The van der Waals surface area contributed by atoms with Crippen LogP contribution in [0.2, 0.25) is 0 Å². The van der Waals surface area contributed by atoms with Crippen LogP contribution in [-0.4, -0.2) is 42.0 Å². The van der Waals surface area contributed by atoms with Crippen LogP contribution in [0.1, 0.15) is 23.6 Å². The number of para-hydroxylation sites is 1. The largest absolute Gasteiger partial charge is 0.493 e. The lowest BCUT2D eigenvalue weighted by Gasteiger charge is -2.17. The molecular weight excluding hydrogens is 575 g/mol. The first kappa shape index (κ1) is 29.2. The number of nitrogens with zero attached hydrogens (tertiary/aromatic N) is 4. The maximum absolute atomic E-state index is 13.4. The van der Waals surface area contributed by atoms with Crippen LogP contribution in [0.5, 0.6) is 17.2 Å². The summed E-state index contributed by atoms with van der Waals surface area (Å²) in [5, 5.41) is 14.2. The SMILES string of the molecule is COc1cc(C2CC(c3ccc(Nc4nc(Nc5ccccc5)nc(Nc5ccc(F)cc5)n4)cc3)=NN2)cc(OC)c1OC. The number of methoxy groups -OCH3 is 3. The molecule has 1 atom stereocenters. The van der Waals surface area contributed by atoms with Crippen LogP contribution in [0.25, 0.3) is 0 Å². The van der Waals surface area contributed by atoms with Gasteiger partial charge in [0.05, 0.1) is 33.1 Å². The van der Waals surface area contributed by atoms with Crippen LogP contribution >= 0.6 is 0 Å². The van der Waals surface area contributed by atoms with Gasteiger partial charge in [0.15, 0.2) is 11.5 Å². The lowest BCUT2D eigenvalue weighted by molar-refractivity contribution is 0.323. The average molecular weight is 607 g/mol. The number of halogens is 1. The number of rotatable bonds is 11. The molecule has 0 amide bonds. The normalized spacial score (nSPS) is 13.8. The summed E-state index contributed by atoms with van der Waals surface area (Å²) in [5.41, 5.74) is 8.33. The smallest absolute Gasteiger partial charge is 0.233 e. The van der Waals surface area contributed by atoms with Crippen molar-refractivity contribution in [2.45, 2.75) is 12.5 Å². The molecule has 1 aliphatic rings. The predicted molar refractivity (Wildman–Crippen MR) is 172 cm³/mol. The molecule has 5 aromatic rings. The molecule has 0 aliphatic carbocycles. The van der Waals surface area contributed by atoms with E-state index in [-0.39, 0.29) is 11.9 Å². The number of ether oxygens (including phenoxy) is 3. The minimum Gasteiger partial charge on any atom is -0.493 e. The van der Waals surface area contributed by atoms with E-state index in [0.717, 1.165) is 28.2 Å². The molecule has 1 unspecified atom stereocenters. The van der Waals surface area contributed by atoms with Gasteiger partial charge in [0.25, 0.3) is 0 Å². The first-order chi connectivity index (χ1) is 22.0. The fourth-order valence-corrected chi connectivity index (χ4v) is 4.85. The summed E-state index contributed by atoms with van der Waals surface area (Å²) in [7, 11) is 4.78. The molecule has 0 fully saturated rings. The second-order valence-corrected chi connectivity index (χ2v) is 10.0. The first-order valence-electron chi connectivity index (χ1n) is 14.1. The zero-order valence-corrected chi connectivity index (χ0v) is 24.8. The van der Waals surface area contributed by atoms with Crippen molar-refractivity contribution in [1.29, 1.82) is 0 Å². The molecule has 6 rings (SSSR count). The third kappa shape index (κ3) is 6.85. The molecule has 0 spiro atoms. The zero-order chi connectivity index (χ0) is 31.2. The van der Waals surface area contributed by atoms with Gasteiger partial charge in [0, 0.05) is 23.5 Å². The summed E-state index contributed by atoms with van der Waals surface area (Å²) < 4.78 is 29.9. The average Bonchev–Trinajstić information content (AvgIpc) is 3.56. The Hall–Kier alpha value is -5.91. The molecule has 0 saturated heterocycles. The Morgan fingerprint density at radius 1 is 0.667 bits per heavy atom. The van der Waals surface area contributed by atoms with Crippen molar-refractivity contribution in [1.82, 2.24) is 20.4 Å². The van der Waals surface area contributed by atoms with Gasteiger partial charge < -0.3 is 35.6 Å². The lowest BCUT2D eigenvalue weighted by atomic mass is 9.98. The molecule has 4 aromatic carbocycles. The van der Waals surface area contributed by atoms with Crippen LogP contribution in [0.15, 0.2) is 96.1 Å². The highest BCUT2D eigenvalue weighted by molar-refractivity contribution is 6.02. The second-order valence-electron chi connectivity index (χ2n) is 10.0. The number of nitrogens with one attached hydrogen (secondary N) is 4. The van der Waals surface area contributed by atoms with Crippen molar-refractivity contribution in [3.63, 3.8) is 0 Å². The molecule has 45 heavy (non-hydrogen) atoms. The maximum atomic E-state index is 13.4.